The molecule has 6 aromatic heterocycles. The van der Waals surface area contributed by atoms with Gasteiger partial charge in [0, 0.05) is 31.5 Å². The lowest BCUT2D eigenvalue weighted by atomic mass is 10.2. The highest BCUT2D eigenvalue weighted by molar-refractivity contribution is 5.72. The van der Waals surface area contributed by atoms with E-state index in [1.54, 1.807) is 36.7 Å². The number of halogens is 2. The van der Waals surface area contributed by atoms with Crippen molar-refractivity contribution in [3.8, 4) is 45.8 Å². The van der Waals surface area contributed by atoms with Gasteiger partial charge in [0.2, 0.25) is 0 Å². The number of Topliss-reactive ketones (excluding diaryl/α,β-unsaturated/α-hetero) is 1. The minimum atomic E-state index is -0.833. The number of carboxylic acid groups (broad SMARTS) is 1. The van der Waals surface area contributed by atoms with Crippen molar-refractivity contribution in [1.29, 1.82) is 0 Å². The minimum Gasteiger partial charge on any atom is -0.481 e. The lowest BCUT2D eigenvalue weighted by Crippen LogP contribution is -2.04. The van der Waals surface area contributed by atoms with E-state index in [9.17, 15) is 4.79 Å². The van der Waals surface area contributed by atoms with Crippen molar-refractivity contribution < 1.29 is 33.2 Å². The molecular weight excluding hydrogens is 803 g/mol. The maximum Gasteiger partial charge on any atom is 0.300 e. The second kappa shape index (κ2) is 27.7. The third-order valence-electron chi connectivity index (χ3n) is 7.12. The lowest BCUT2D eigenvalue weighted by Gasteiger charge is -2.05. The largest absolute Gasteiger partial charge is 0.481 e. The van der Waals surface area contributed by atoms with Gasteiger partial charge in [-0.2, -0.15) is 10.2 Å². The fraction of sp³-hybridized carbons (Fsp3) is 0.209. The van der Waals surface area contributed by atoms with E-state index in [0.29, 0.717) is 59.1 Å². The van der Waals surface area contributed by atoms with Gasteiger partial charge in [0.05, 0.1) is 24.5 Å². The van der Waals surface area contributed by atoms with Crippen LogP contribution in [0.2, 0.25) is 0 Å². The van der Waals surface area contributed by atoms with Crippen LogP contribution in [0.1, 0.15) is 59.6 Å². The van der Waals surface area contributed by atoms with Crippen molar-refractivity contribution in [2.24, 2.45) is 0 Å². The normalized spacial score (nSPS) is 9.40. The molecule has 0 spiro atoms. The number of carboxylic acids is 1. The molecule has 8 aromatic rings. The van der Waals surface area contributed by atoms with Crippen molar-refractivity contribution in [2.75, 3.05) is 11.5 Å². The Morgan fingerprint density at radius 1 is 0.581 bits per heavy atom. The van der Waals surface area contributed by atoms with Gasteiger partial charge in [-0.3, -0.25) is 23.6 Å². The first-order valence-electron chi connectivity index (χ1n) is 18.9. The molecule has 0 saturated carbocycles. The van der Waals surface area contributed by atoms with Crippen LogP contribution in [0.5, 0.6) is 0 Å². The zero-order valence-electron chi connectivity index (χ0n) is 35.5. The first kappa shape index (κ1) is 52.1. The van der Waals surface area contributed by atoms with Crippen LogP contribution in [0.15, 0.2) is 131 Å². The molecule has 2 aromatic carbocycles. The topological polar surface area (TPSA) is 246 Å². The summed E-state index contributed by atoms with van der Waals surface area (Å²) in [4.78, 5) is 35.4. The molecule has 0 fully saturated rings. The van der Waals surface area contributed by atoms with E-state index in [-0.39, 0.29) is 15.2 Å². The number of ketones is 1. The number of rotatable bonds is 8. The van der Waals surface area contributed by atoms with Crippen molar-refractivity contribution >= 4 is 23.4 Å². The summed E-state index contributed by atoms with van der Waals surface area (Å²) >= 11 is 0. The van der Waals surface area contributed by atoms with E-state index >= 15 is 0 Å². The number of carbonyl (C=O) groups is 2. The van der Waals surface area contributed by atoms with Crippen molar-refractivity contribution in [1.82, 2.24) is 49.8 Å². The fourth-order valence-electron chi connectivity index (χ4n) is 4.90. The van der Waals surface area contributed by atoms with Crippen LogP contribution in [0.25, 0.3) is 45.8 Å². The molecule has 8 rings (SSSR count). The molecule has 0 aliphatic rings. The van der Waals surface area contributed by atoms with E-state index in [1.165, 1.54) is 26.4 Å². The molecule has 0 aliphatic heterocycles. The molecule has 0 unspecified atom stereocenters. The first-order chi connectivity index (χ1) is 29.0. The Hall–Kier alpha value is -7.96. The quantitative estimate of drug-likeness (QED) is 0.130. The van der Waals surface area contributed by atoms with E-state index in [4.69, 9.17) is 30.4 Å². The van der Waals surface area contributed by atoms with Crippen LogP contribution in [-0.4, -0.2) is 66.7 Å². The number of carbonyl (C=O) groups excluding carboxylic acids is 1. The SMILES string of the molecule is CC.CC.CC(=O)O.CC(C)=O.F.F.Nc1ccnc(-c2cc(-c3ccon3)n(Cc3ccccc3)n2)n1.Nc1ccnc(-c2cc(-c3ccon3)n(Cc3ccccc3)n2)n1. The van der Waals surface area contributed by atoms with Crippen molar-refractivity contribution in [3.05, 3.63) is 133 Å². The summed E-state index contributed by atoms with van der Waals surface area (Å²) in [5.41, 5.74) is 18.1. The van der Waals surface area contributed by atoms with Crippen LogP contribution >= 0.6 is 0 Å². The van der Waals surface area contributed by atoms with Gasteiger partial charge in [-0.25, -0.2) is 19.9 Å². The number of nitrogens with zero attached hydrogens (tertiary/aromatic N) is 10. The summed E-state index contributed by atoms with van der Waals surface area (Å²) in [5.74, 6) is 1.10. The number of anilines is 2. The van der Waals surface area contributed by atoms with Crippen LogP contribution < -0.4 is 11.5 Å². The highest BCUT2D eigenvalue weighted by Gasteiger charge is 2.17. The minimum absolute atomic E-state index is 0. The Morgan fingerprint density at radius 2 is 0.919 bits per heavy atom. The number of aromatic nitrogens is 10. The van der Waals surface area contributed by atoms with Crippen molar-refractivity contribution in [3.63, 3.8) is 0 Å². The number of hydrogen-bond donors (Lipinski definition) is 3. The molecule has 0 saturated heterocycles. The van der Waals surface area contributed by atoms with Crippen molar-refractivity contribution in [2.45, 2.75) is 61.6 Å². The lowest BCUT2D eigenvalue weighted by molar-refractivity contribution is -0.134. The molecule has 19 heteroatoms. The standard InChI is InChI=1S/2C17H14N6O.C3H6O.C2H4O2.2C2H6.2FH/c2*18-16-6-8-19-17(20-16)14-10-15(13-7-9-24-22-13)23(21-14)11-12-4-2-1-3-5-12;1-3(2)4;1-2(3)4;2*1-2;;/h2*1-10H,11H2,(H2,18,19,20);1-2H3;1H3,(H,3,4);2*1-2H3;2*1H. The zero-order valence-corrected chi connectivity index (χ0v) is 35.5. The highest BCUT2D eigenvalue weighted by atomic mass is 19.0. The monoisotopic (exact) mass is 854 g/mol. The van der Waals surface area contributed by atoms with Crippen LogP contribution in [0.4, 0.5) is 21.0 Å². The van der Waals surface area contributed by atoms with Gasteiger partial charge in [0.15, 0.2) is 11.6 Å². The predicted octanol–water partition coefficient (Wildman–Crippen LogP) is 8.29. The molecule has 0 amide bonds. The Kier molecular flexibility index (Phi) is 23.2. The van der Waals surface area contributed by atoms with Gasteiger partial charge in [-0.05, 0) is 49.2 Å². The second-order valence-electron chi connectivity index (χ2n) is 11.9. The van der Waals surface area contributed by atoms with E-state index in [2.05, 4.69) is 40.4 Å². The van der Waals surface area contributed by atoms with Gasteiger partial charge in [0.1, 0.15) is 52.7 Å². The summed E-state index contributed by atoms with van der Waals surface area (Å²) in [6.07, 6.45) is 6.30. The Bertz CT molecular complexity index is 2260. The number of benzene rings is 2. The molecule has 5 N–H and O–H groups in total. The van der Waals surface area contributed by atoms with Gasteiger partial charge in [0.25, 0.3) is 5.97 Å². The highest BCUT2D eigenvalue weighted by Crippen LogP contribution is 2.26. The first-order valence-corrected chi connectivity index (χ1v) is 18.9. The Morgan fingerprint density at radius 3 is 1.21 bits per heavy atom. The molecule has 0 atom stereocenters. The predicted molar refractivity (Wildman–Crippen MR) is 235 cm³/mol. The molecule has 0 bridgehead atoms. The Labute approximate surface area is 357 Å². The third-order valence-corrected chi connectivity index (χ3v) is 7.12. The summed E-state index contributed by atoms with van der Waals surface area (Å²) in [5, 5.41) is 24.7. The van der Waals surface area contributed by atoms with Crippen LogP contribution in [0, 0.1) is 0 Å². The Balaban J connectivity index is 0.000000483. The van der Waals surface area contributed by atoms with E-state index in [0.717, 1.165) is 29.4 Å². The van der Waals surface area contributed by atoms with Crippen LogP contribution in [-0.2, 0) is 22.7 Å². The van der Waals surface area contributed by atoms with Gasteiger partial charge < -0.3 is 30.4 Å². The van der Waals surface area contributed by atoms with Crippen LogP contribution in [0.3, 0.4) is 0 Å². The average Bonchev–Trinajstić information content (AvgIpc) is 4.09. The number of hydrogen-bond acceptors (Lipinski definition) is 14. The number of nitrogens with two attached hydrogens (primary N) is 2. The number of nitrogen functional groups attached to an aromatic ring is 2. The molecule has 6 heterocycles. The summed E-state index contributed by atoms with van der Waals surface area (Å²) in [6.45, 7) is 13.3. The van der Waals surface area contributed by atoms with Gasteiger partial charge in [-0.15, -0.1) is 0 Å². The van der Waals surface area contributed by atoms with E-state index < -0.39 is 5.97 Å². The molecule has 0 aliphatic carbocycles. The van der Waals surface area contributed by atoms with E-state index in [1.807, 2.05) is 110 Å². The molecule has 328 valence electrons. The summed E-state index contributed by atoms with van der Waals surface area (Å²) < 4.78 is 13.6. The molecule has 17 nitrogen and oxygen atoms in total. The zero-order chi connectivity index (χ0) is 43.9. The summed E-state index contributed by atoms with van der Waals surface area (Å²) in [7, 11) is 0. The van der Waals surface area contributed by atoms with Gasteiger partial charge >= 0.3 is 0 Å². The number of aliphatic carboxylic acids is 1. The van der Waals surface area contributed by atoms with Gasteiger partial charge in [-0.1, -0.05) is 98.7 Å². The molecule has 0 radical (unpaired) electrons. The molecule has 62 heavy (non-hydrogen) atoms. The average molecular weight is 855 g/mol. The third kappa shape index (κ3) is 16.7. The molecular formula is C43H52F2N12O5. The maximum absolute atomic E-state index is 9.44. The fourth-order valence-corrected chi connectivity index (χ4v) is 4.90. The smallest absolute Gasteiger partial charge is 0.300 e. The second-order valence-corrected chi connectivity index (χ2v) is 11.9. The summed E-state index contributed by atoms with van der Waals surface area (Å²) in [6, 6.07) is 30.8. The maximum atomic E-state index is 9.44.